The van der Waals surface area contributed by atoms with Gasteiger partial charge in [-0.3, -0.25) is 4.79 Å². The lowest BCUT2D eigenvalue weighted by atomic mass is 10.2. The van der Waals surface area contributed by atoms with Gasteiger partial charge in [0.1, 0.15) is 5.75 Å². The van der Waals surface area contributed by atoms with E-state index in [4.69, 9.17) is 6.42 Å². The third-order valence-electron chi connectivity index (χ3n) is 2.03. The highest BCUT2D eigenvalue weighted by molar-refractivity contribution is 5.94. The molecule has 0 spiro atoms. The van der Waals surface area contributed by atoms with Gasteiger partial charge in [-0.2, -0.15) is 0 Å². The van der Waals surface area contributed by atoms with E-state index in [1.54, 1.807) is 6.07 Å². The Morgan fingerprint density at radius 2 is 2.38 bits per heavy atom. The molecule has 0 atom stereocenters. The van der Waals surface area contributed by atoms with Crippen LogP contribution < -0.4 is 5.32 Å². The number of aromatic nitrogens is 1. The summed E-state index contributed by atoms with van der Waals surface area (Å²) >= 11 is 0. The zero-order valence-electron chi connectivity index (χ0n) is 8.94. The number of aromatic hydroxyl groups is 1. The number of hydrogen-bond acceptors (Lipinski definition) is 3. The predicted molar refractivity (Wildman–Crippen MR) is 60.9 cm³/mol. The maximum Gasteiger partial charge on any atom is 0.273 e. The molecule has 16 heavy (non-hydrogen) atoms. The smallest absolute Gasteiger partial charge is 0.273 e. The van der Waals surface area contributed by atoms with E-state index in [2.05, 4.69) is 16.2 Å². The average Bonchev–Trinajstić information content (AvgIpc) is 2.29. The van der Waals surface area contributed by atoms with Crippen molar-refractivity contribution in [3.8, 4) is 18.1 Å². The Morgan fingerprint density at radius 3 is 3.06 bits per heavy atom. The number of rotatable bonds is 5. The lowest BCUT2D eigenvalue weighted by molar-refractivity contribution is 0.0945. The van der Waals surface area contributed by atoms with Gasteiger partial charge in [-0.15, -0.1) is 12.3 Å². The van der Waals surface area contributed by atoms with E-state index in [9.17, 15) is 9.90 Å². The summed E-state index contributed by atoms with van der Waals surface area (Å²) in [6.07, 6.45) is 8.98. The lowest BCUT2D eigenvalue weighted by Gasteiger charge is -2.04. The van der Waals surface area contributed by atoms with E-state index >= 15 is 0 Å². The summed E-state index contributed by atoms with van der Waals surface area (Å²) < 4.78 is 0. The molecule has 2 N–H and O–H groups in total. The van der Waals surface area contributed by atoms with E-state index in [1.165, 1.54) is 12.3 Å². The third kappa shape index (κ3) is 3.62. The van der Waals surface area contributed by atoms with E-state index in [0.717, 1.165) is 12.8 Å². The first-order valence-electron chi connectivity index (χ1n) is 5.11. The van der Waals surface area contributed by atoms with E-state index in [0.29, 0.717) is 13.0 Å². The second-order valence-electron chi connectivity index (χ2n) is 3.29. The van der Waals surface area contributed by atoms with Crippen LogP contribution >= 0.6 is 0 Å². The molecule has 0 aliphatic rings. The first kappa shape index (κ1) is 12.1. The van der Waals surface area contributed by atoms with Gasteiger partial charge in [0.25, 0.3) is 5.91 Å². The third-order valence-corrected chi connectivity index (χ3v) is 2.03. The Morgan fingerprint density at radius 1 is 1.56 bits per heavy atom. The maximum absolute atomic E-state index is 11.5. The molecule has 84 valence electrons. The fraction of sp³-hybridized carbons (Fsp3) is 0.333. The summed E-state index contributed by atoms with van der Waals surface area (Å²) in [5, 5.41) is 12.0. The maximum atomic E-state index is 11.5. The number of pyridine rings is 1. The molecule has 4 nitrogen and oxygen atoms in total. The Hall–Kier alpha value is -2.02. The normalized spacial score (nSPS) is 9.44. The first-order valence-corrected chi connectivity index (χ1v) is 5.11. The minimum atomic E-state index is -0.362. The van der Waals surface area contributed by atoms with Crippen molar-refractivity contribution in [3.63, 3.8) is 0 Å². The lowest BCUT2D eigenvalue weighted by Crippen LogP contribution is -2.25. The Labute approximate surface area is 94.7 Å². The predicted octanol–water partition coefficient (Wildman–Crippen LogP) is 1.32. The molecule has 0 bridgehead atoms. The second kappa shape index (κ2) is 6.46. The minimum Gasteiger partial charge on any atom is -0.505 e. The molecule has 1 rings (SSSR count). The van der Waals surface area contributed by atoms with Crippen molar-refractivity contribution in [2.45, 2.75) is 19.3 Å². The highest BCUT2D eigenvalue weighted by atomic mass is 16.3. The van der Waals surface area contributed by atoms with Crippen molar-refractivity contribution in [3.05, 3.63) is 24.0 Å². The van der Waals surface area contributed by atoms with Crippen LogP contribution in [0.3, 0.4) is 0 Å². The van der Waals surface area contributed by atoms with Crippen molar-refractivity contribution < 1.29 is 9.90 Å². The van der Waals surface area contributed by atoms with Crippen molar-refractivity contribution >= 4 is 5.91 Å². The monoisotopic (exact) mass is 218 g/mol. The van der Waals surface area contributed by atoms with Crippen LogP contribution in [0.25, 0.3) is 0 Å². The summed E-state index contributed by atoms with van der Waals surface area (Å²) in [4.78, 5) is 15.3. The number of carbonyl (C=O) groups excluding carboxylic acids is 1. The van der Waals surface area contributed by atoms with Crippen LogP contribution in [-0.4, -0.2) is 22.5 Å². The van der Waals surface area contributed by atoms with E-state index < -0.39 is 0 Å². The molecule has 0 radical (unpaired) electrons. The standard InChI is InChI=1S/C12H14N2O2/c1-2-3-4-5-8-14-12(16)11-10(15)7-6-9-13-11/h1,6-7,9,15H,3-5,8H2,(H,14,16). The highest BCUT2D eigenvalue weighted by Crippen LogP contribution is 2.11. The van der Waals surface area contributed by atoms with Crippen molar-refractivity contribution in [1.82, 2.24) is 10.3 Å². The summed E-state index contributed by atoms with van der Waals surface area (Å²) in [5.74, 6) is 2.06. The number of terminal acetylenes is 1. The van der Waals surface area contributed by atoms with Gasteiger partial charge < -0.3 is 10.4 Å². The van der Waals surface area contributed by atoms with Crippen LogP contribution in [-0.2, 0) is 0 Å². The summed E-state index contributed by atoms with van der Waals surface area (Å²) in [6, 6.07) is 3.00. The van der Waals surface area contributed by atoms with Gasteiger partial charge in [0.2, 0.25) is 0 Å². The molecule has 0 aliphatic heterocycles. The molecule has 1 aromatic rings. The van der Waals surface area contributed by atoms with Gasteiger partial charge in [-0.1, -0.05) is 0 Å². The summed E-state index contributed by atoms with van der Waals surface area (Å²) in [5.41, 5.74) is 0.0550. The molecule has 1 heterocycles. The molecule has 1 amide bonds. The van der Waals surface area contributed by atoms with Crippen molar-refractivity contribution in [2.75, 3.05) is 6.54 Å². The van der Waals surface area contributed by atoms with Crippen molar-refractivity contribution in [2.24, 2.45) is 0 Å². The van der Waals surface area contributed by atoms with Crippen LogP contribution in [0, 0.1) is 12.3 Å². The number of amides is 1. The molecule has 0 aromatic carbocycles. The molecule has 0 saturated carbocycles. The first-order chi connectivity index (χ1) is 7.75. The van der Waals surface area contributed by atoms with Gasteiger partial charge in [0.15, 0.2) is 5.69 Å². The van der Waals surface area contributed by atoms with Crippen LogP contribution in [0.5, 0.6) is 5.75 Å². The molecule has 4 heteroatoms. The highest BCUT2D eigenvalue weighted by Gasteiger charge is 2.10. The van der Waals surface area contributed by atoms with E-state index in [1.807, 2.05) is 0 Å². The van der Waals surface area contributed by atoms with Crippen LogP contribution in [0.1, 0.15) is 29.8 Å². The largest absolute Gasteiger partial charge is 0.505 e. The topological polar surface area (TPSA) is 62.2 Å². The second-order valence-corrected chi connectivity index (χ2v) is 3.29. The fourth-order valence-electron chi connectivity index (χ4n) is 1.21. The van der Waals surface area contributed by atoms with Gasteiger partial charge in [-0.05, 0) is 25.0 Å². The summed E-state index contributed by atoms with van der Waals surface area (Å²) in [6.45, 7) is 0.538. The van der Waals surface area contributed by atoms with Crippen molar-refractivity contribution in [1.29, 1.82) is 0 Å². The zero-order chi connectivity index (χ0) is 11.8. The number of carbonyl (C=O) groups is 1. The van der Waals surface area contributed by atoms with Crippen LogP contribution in [0.4, 0.5) is 0 Å². The molecule has 0 aliphatic carbocycles. The number of hydrogen-bond donors (Lipinski definition) is 2. The number of unbranched alkanes of at least 4 members (excludes halogenated alkanes) is 2. The van der Waals surface area contributed by atoms with Crippen LogP contribution in [0.2, 0.25) is 0 Å². The Bertz CT molecular complexity index is 396. The molecule has 0 unspecified atom stereocenters. The quantitative estimate of drug-likeness (QED) is 0.578. The van der Waals surface area contributed by atoms with Crippen LogP contribution in [0.15, 0.2) is 18.3 Å². The number of nitrogens with one attached hydrogen (secondary N) is 1. The van der Waals surface area contributed by atoms with Gasteiger partial charge in [0, 0.05) is 19.2 Å². The molecular weight excluding hydrogens is 204 g/mol. The molecule has 0 fully saturated rings. The molecule has 1 aromatic heterocycles. The van der Waals surface area contributed by atoms with Gasteiger partial charge >= 0.3 is 0 Å². The fourth-order valence-corrected chi connectivity index (χ4v) is 1.21. The molecule has 0 saturated heterocycles. The zero-order valence-corrected chi connectivity index (χ0v) is 8.94. The van der Waals surface area contributed by atoms with Gasteiger partial charge in [0.05, 0.1) is 0 Å². The number of nitrogens with zero attached hydrogens (tertiary/aromatic N) is 1. The Kier molecular flexibility index (Phi) is 4.87. The average molecular weight is 218 g/mol. The van der Waals surface area contributed by atoms with E-state index in [-0.39, 0.29) is 17.4 Å². The minimum absolute atomic E-state index is 0.0550. The molecular formula is C12H14N2O2. The Balaban J connectivity index is 2.36. The summed E-state index contributed by atoms with van der Waals surface area (Å²) in [7, 11) is 0. The van der Waals surface area contributed by atoms with Gasteiger partial charge in [-0.25, -0.2) is 4.98 Å². The SMILES string of the molecule is C#CCCCCNC(=O)c1ncccc1O.